The second-order valence-corrected chi connectivity index (χ2v) is 5.63. The van der Waals surface area contributed by atoms with Crippen LogP contribution in [0.2, 0.25) is 0 Å². The lowest BCUT2D eigenvalue weighted by atomic mass is 10.1. The van der Waals surface area contributed by atoms with E-state index in [4.69, 9.17) is 9.47 Å². The van der Waals surface area contributed by atoms with Gasteiger partial charge in [-0.1, -0.05) is 30.3 Å². The molecule has 0 fully saturated rings. The Bertz CT molecular complexity index is 851. The van der Waals surface area contributed by atoms with Crippen molar-refractivity contribution in [1.29, 1.82) is 0 Å². The van der Waals surface area contributed by atoms with Crippen molar-refractivity contribution >= 4 is 16.9 Å². The minimum atomic E-state index is -0.193. The first kappa shape index (κ1) is 16.1. The van der Waals surface area contributed by atoms with E-state index in [2.05, 4.69) is 16.7 Å². The van der Waals surface area contributed by atoms with Gasteiger partial charge in [0.05, 0.1) is 20.1 Å². The monoisotopic (exact) mass is 323 g/mol. The predicted octanol–water partition coefficient (Wildman–Crippen LogP) is 3.80. The maximum Gasteiger partial charge on any atom is 0.310 e. The van der Waals surface area contributed by atoms with Crippen LogP contribution in [0.1, 0.15) is 18.1 Å². The standard InChI is InChI=1S/C20H21NO3/c1-3-24-20(22)12-16-14-21(19-10-5-4-9-18(16)19)13-15-7-6-8-17(11-15)23-2/h4-11,14H,3,12-13H2,1-2H3. The number of nitrogens with zero attached hydrogens (tertiary/aromatic N) is 1. The summed E-state index contributed by atoms with van der Waals surface area (Å²) in [6.45, 7) is 2.95. The Kier molecular flexibility index (Phi) is 4.85. The van der Waals surface area contributed by atoms with Gasteiger partial charge in [0.25, 0.3) is 0 Å². The lowest BCUT2D eigenvalue weighted by Crippen LogP contribution is -2.07. The number of carbonyl (C=O) groups is 1. The molecule has 0 unspecified atom stereocenters. The van der Waals surface area contributed by atoms with Crippen LogP contribution >= 0.6 is 0 Å². The van der Waals surface area contributed by atoms with Crippen molar-refractivity contribution in [3.05, 3.63) is 65.9 Å². The lowest BCUT2D eigenvalue weighted by molar-refractivity contribution is -0.142. The summed E-state index contributed by atoms with van der Waals surface area (Å²) >= 11 is 0. The molecule has 0 bridgehead atoms. The molecule has 0 aliphatic rings. The van der Waals surface area contributed by atoms with E-state index in [0.717, 1.165) is 34.3 Å². The summed E-state index contributed by atoms with van der Waals surface area (Å²) in [7, 11) is 1.67. The summed E-state index contributed by atoms with van der Waals surface area (Å²) in [6.07, 6.45) is 2.33. The second-order valence-electron chi connectivity index (χ2n) is 5.63. The highest BCUT2D eigenvalue weighted by Gasteiger charge is 2.12. The Morgan fingerprint density at radius 3 is 2.75 bits per heavy atom. The number of benzene rings is 2. The Labute approximate surface area is 141 Å². The van der Waals surface area contributed by atoms with Crippen LogP contribution in [-0.4, -0.2) is 24.3 Å². The number of rotatable bonds is 6. The van der Waals surface area contributed by atoms with E-state index in [0.29, 0.717) is 13.0 Å². The Hall–Kier alpha value is -2.75. The van der Waals surface area contributed by atoms with Crippen LogP contribution in [0.15, 0.2) is 54.7 Å². The summed E-state index contributed by atoms with van der Waals surface area (Å²) in [5.41, 5.74) is 3.25. The second kappa shape index (κ2) is 7.21. The molecule has 0 N–H and O–H groups in total. The molecular formula is C20H21NO3. The number of hydrogen-bond acceptors (Lipinski definition) is 3. The fourth-order valence-corrected chi connectivity index (χ4v) is 2.93. The van der Waals surface area contributed by atoms with Gasteiger partial charge in [-0.15, -0.1) is 0 Å². The first-order valence-electron chi connectivity index (χ1n) is 8.06. The molecule has 3 aromatic rings. The van der Waals surface area contributed by atoms with E-state index in [1.54, 1.807) is 7.11 Å². The van der Waals surface area contributed by atoms with Crippen molar-refractivity contribution in [2.24, 2.45) is 0 Å². The van der Waals surface area contributed by atoms with Crippen molar-refractivity contribution in [3.8, 4) is 5.75 Å². The Morgan fingerprint density at radius 2 is 1.96 bits per heavy atom. The van der Waals surface area contributed by atoms with Gasteiger partial charge < -0.3 is 14.0 Å². The minimum absolute atomic E-state index is 0.193. The van der Waals surface area contributed by atoms with Crippen LogP contribution in [-0.2, 0) is 22.5 Å². The first-order valence-corrected chi connectivity index (χ1v) is 8.06. The molecule has 124 valence electrons. The largest absolute Gasteiger partial charge is 0.497 e. The molecule has 4 nitrogen and oxygen atoms in total. The molecule has 0 aliphatic heterocycles. The van der Waals surface area contributed by atoms with Crippen molar-refractivity contribution in [3.63, 3.8) is 0 Å². The molecule has 1 aromatic heterocycles. The fraction of sp³-hybridized carbons (Fsp3) is 0.250. The molecule has 0 aliphatic carbocycles. The normalized spacial score (nSPS) is 10.8. The van der Waals surface area contributed by atoms with Crippen molar-refractivity contribution in [1.82, 2.24) is 4.57 Å². The molecule has 0 atom stereocenters. The maximum atomic E-state index is 11.9. The highest BCUT2D eigenvalue weighted by molar-refractivity contribution is 5.88. The van der Waals surface area contributed by atoms with Crippen LogP contribution < -0.4 is 4.74 Å². The molecule has 2 aromatic carbocycles. The van der Waals surface area contributed by atoms with Crippen LogP contribution in [0.5, 0.6) is 5.75 Å². The Morgan fingerprint density at radius 1 is 1.12 bits per heavy atom. The van der Waals surface area contributed by atoms with Crippen molar-refractivity contribution < 1.29 is 14.3 Å². The third-order valence-electron chi connectivity index (χ3n) is 4.00. The fourth-order valence-electron chi connectivity index (χ4n) is 2.93. The van der Waals surface area contributed by atoms with Gasteiger partial charge in [0.2, 0.25) is 0 Å². The summed E-state index contributed by atoms with van der Waals surface area (Å²) in [5.74, 6) is 0.650. The molecule has 0 radical (unpaired) electrons. The first-order chi connectivity index (χ1) is 11.7. The molecule has 0 amide bonds. The van der Waals surface area contributed by atoms with Crippen LogP contribution in [0.4, 0.5) is 0 Å². The predicted molar refractivity (Wildman–Crippen MR) is 94.4 cm³/mol. The molecule has 24 heavy (non-hydrogen) atoms. The zero-order valence-corrected chi connectivity index (χ0v) is 14.0. The highest BCUT2D eigenvalue weighted by atomic mass is 16.5. The number of carbonyl (C=O) groups excluding carboxylic acids is 1. The molecular weight excluding hydrogens is 302 g/mol. The number of aromatic nitrogens is 1. The molecule has 4 heteroatoms. The van der Waals surface area contributed by atoms with E-state index >= 15 is 0 Å². The number of hydrogen-bond donors (Lipinski definition) is 0. The van der Waals surface area contributed by atoms with E-state index in [1.807, 2.05) is 49.5 Å². The summed E-state index contributed by atoms with van der Waals surface area (Å²) in [5, 5.41) is 1.09. The topological polar surface area (TPSA) is 40.5 Å². The SMILES string of the molecule is CCOC(=O)Cc1cn(Cc2cccc(OC)c2)c2ccccc12. The number of para-hydroxylation sites is 1. The van der Waals surface area contributed by atoms with Gasteiger partial charge >= 0.3 is 5.97 Å². The molecule has 0 saturated carbocycles. The van der Waals surface area contributed by atoms with Gasteiger partial charge in [0.15, 0.2) is 0 Å². The van der Waals surface area contributed by atoms with E-state index in [9.17, 15) is 4.79 Å². The minimum Gasteiger partial charge on any atom is -0.497 e. The van der Waals surface area contributed by atoms with E-state index < -0.39 is 0 Å². The van der Waals surface area contributed by atoms with Gasteiger partial charge in [-0.05, 0) is 36.2 Å². The van der Waals surface area contributed by atoms with Crippen LogP contribution in [0, 0.1) is 0 Å². The zero-order valence-electron chi connectivity index (χ0n) is 14.0. The third kappa shape index (κ3) is 3.43. The van der Waals surface area contributed by atoms with Crippen LogP contribution in [0.25, 0.3) is 10.9 Å². The van der Waals surface area contributed by atoms with Crippen molar-refractivity contribution in [2.45, 2.75) is 19.9 Å². The summed E-state index contributed by atoms with van der Waals surface area (Å²) in [4.78, 5) is 11.9. The zero-order chi connectivity index (χ0) is 16.9. The maximum absolute atomic E-state index is 11.9. The molecule has 1 heterocycles. The van der Waals surface area contributed by atoms with Gasteiger partial charge in [0, 0.05) is 23.6 Å². The third-order valence-corrected chi connectivity index (χ3v) is 4.00. The number of esters is 1. The summed E-state index contributed by atoms with van der Waals surface area (Å²) in [6, 6.07) is 16.1. The van der Waals surface area contributed by atoms with Gasteiger partial charge in [0.1, 0.15) is 5.75 Å². The quantitative estimate of drug-likeness (QED) is 0.648. The van der Waals surface area contributed by atoms with E-state index in [1.165, 1.54) is 0 Å². The number of ether oxygens (including phenoxy) is 2. The number of methoxy groups -OCH3 is 1. The smallest absolute Gasteiger partial charge is 0.310 e. The highest BCUT2D eigenvalue weighted by Crippen LogP contribution is 2.24. The van der Waals surface area contributed by atoms with Crippen molar-refractivity contribution in [2.75, 3.05) is 13.7 Å². The number of fused-ring (bicyclic) bond motifs is 1. The average molecular weight is 323 g/mol. The Balaban J connectivity index is 1.94. The van der Waals surface area contributed by atoms with Gasteiger partial charge in [-0.25, -0.2) is 0 Å². The summed E-state index contributed by atoms with van der Waals surface area (Å²) < 4.78 is 12.5. The molecule has 0 spiro atoms. The molecule has 3 rings (SSSR count). The van der Waals surface area contributed by atoms with Crippen LogP contribution in [0.3, 0.4) is 0 Å². The lowest BCUT2D eigenvalue weighted by Gasteiger charge is -2.07. The average Bonchev–Trinajstić information content (AvgIpc) is 2.93. The van der Waals surface area contributed by atoms with Gasteiger partial charge in [-0.2, -0.15) is 0 Å². The van der Waals surface area contributed by atoms with E-state index in [-0.39, 0.29) is 5.97 Å². The van der Waals surface area contributed by atoms with Gasteiger partial charge in [-0.3, -0.25) is 4.79 Å². The molecule has 0 saturated heterocycles.